The molecule has 0 aliphatic carbocycles. The molecular formula is C7H9N3O6. The van der Waals surface area contributed by atoms with E-state index in [4.69, 9.17) is 10.2 Å². The minimum atomic E-state index is -1.49. The molecule has 0 aliphatic rings. The van der Waals surface area contributed by atoms with Gasteiger partial charge in [0, 0.05) is 6.42 Å². The van der Waals surface area contributed by atoms with Crippen molar-refractivity contribution in [1.29, 1.82) is 0 Å². The summed E-state index contributed by atoms with van der Waals surface area (Å²) in [6, 6.07) is -1.49. The van der Waals surface area contributed by atoms with Gasteiger partial charge in [-0.25, -0.2) is 29.1 Å². The van der Waals surface area contributed by atoms with E-state index in [9.17, 15) is 19.2 Å². The lowest BCUT2D eigenvalue weighted by atomic mass is 10.1. The van der Waals surface area contributed by atoms with Crippen LogP contribution in [0, 0.1) is 0 Å². The third-order valence-corrected chi connectivity index (χ3v) is 1.94. The van der Waals surface area contributed by atoms with Crippen molar-refractivity contribution in [2.75, 3.05) is 0 Å². The first-order valence-corrected chi connectivity index (χ1v) is 4.27. The van der Waals surface area contributed by atoms with Crippen molar-refractivity contribution in [2.45, 2.75) is 18.9 Å². The zero-order chi connectivity index (χ0) is 12.3. The number of carbonyl (C=O) groups is 2. The molecule has 0 bridgehead atoms. The zero-order valence-corrected chi connectivity index (χ0v) is 7.97. The van der Waals surface area contributed by atoms with Gasteiger partial charge >= 0.3 is 23.3 Å². The van der Waals surface area contributed by atoms with Gasteiger partial charge in [-0.1, -0.05) is 0 Å². The summed E-state index contributed by atoms with van der Waals surface area (Å²) in [5.74, 6) is -2.64. The zero-order valence-electron chi connectivity index (χ0n) is 7.97. The van der Waals surface area contributed by atoms with Gasteiger partial charge in [-0.3, -0.25) is 4.79 Å². The Labute approximate surface area is 87.3 Å². The predicted molar refractivity (Wildman–Crippen MR) is 49.2 cm³/mol. The van der Waals surface area contributed by atoms with E-state index in [1.807, 2.05) is 10.2 Å². The van der Waals surface area contributed by atoms with Gasteiger partial charge in [0.15, 0.2) is 0 Å². The molecule has 0 fully saturated rings. The van der Waals surface area contributed by atoms with Crippen molar-refractivity contribution in [3.63, 3.8) is 0 Å². The lowest BCUT2D eigenvalue weighted by molar-refractivity contribution is -0.142. The Kier molecular flexibility index (Phi) is 3.28. The number of carboxylic acids is 2. The van der Waals surface area contributed by atoms with Crippen LogP contribution in [0.15, 0.2) is 9.59 Å². The van der Waals surface area contributed by atoms with Gasteiger partial charge in [0.05, 0.1) is 0 Å². The van der Waals surface area contributed by atoms with E-state index in [1.54, 1.807) is 0 Å². The number of rotatable bonds is 5. The van der Waals surface area contributed by atoms with Crippen LogP contribution in [-0.4, -0.2) is 36.9 Å². The molecule has 0 amide bonds. The van der Waals surface area contributed by atoms with Gasteiger partial charge in [0.1, 0.15) is 6.04 Å². The second kappa shape index (κ2) is 4.47. The molecule has 4 N–H and O–H groups in total. The number of nitrogens with one attached hydrogen (secondary N) is 2. The molecule has 9 nitrogen and oxygen atoms in total. The molecule has 1 aromatic heterocycles. The fourth-order valence-electron chi connectivity index (χ4n) is 1.23. The van der Waals surface area contributed by atoms with Crippen LogP contribution in [0.4, 0.5) is 0 Å². The summed E-state index contributed by atoms with van der Waals surface area (Å²) in [7, 11) is 0. The smallest absolute Gasteiger partial charge is 0.345 e. The highest BCUT2D eigenvalue weighted by molar-refractivity contribution is 5.73. The Bertz CT molecular complexity index is 481. The van der Waals surface area contributed by atoms with E-state index in [0.717, 1.165) is 0 Å². The molecule has 0 radical (unpaired) electrons. The highest BCUT2D eigenvalue weighted by atomic mass is 16.4. The summed E-state index contributed by atoms with van der Waals surface area (Å²) in [6.07, 6.45) is -0.792. The minimum absolute atomic E-state index is 0.342. The quantitative estimate of drug-likeness (QED) is 0.477. The molecule has 16 heavy (non-hydrogen) atoms. The monoisotopic (exact) mass is 231 g/mol. The molecule has 0 aliphatic heterocycles. The fourth-order valence-corrected chi connectivity index (χ4v) is 1.23. The number of carboxylic acid groups (broad SMARTS) is 2. The Balaban J connectivity index is 3.04. The number of aliphatic carboxylic acids is 2. The van der Waals surface area contributed by atoms with E-state index >= 15 is 0 Å². The SMILES string of the molecule is O=C(O)CCC(C(=O)O)n1c(=O)[nH][nH]c1=O. The van der Waals surface area contributed by atoms with Crippen molar-refractivity contribution < 1.29 is 19.8 Å². The summed E-state index contributed by atoms with van der Waals surface area (Å²) in [5.41, 5.74) is -1.83. The first kappa shape index (κ1) is 11.8. The van der Waals surface area contributed by atoms with Crippen molar-refractivity contribution in [1.82, 2.24) is 14.8 Å². The molecule has 9 heteroatoms. The molecule has 0 aromatic carbocycles. The van der Waals surface area contributed by atoms with Gasteiger partial charge in [-0.15, -0.1) is 0 Å². The normalized spacial score (nSPS) is 12.2. The van der Waals surface area contributed by atoms with E-state index in [-0.39, 0.29) is 6.42 Å². The Morgan fingerprint density at radius 2 is 1.69 bits per heavy atom. The molecular weight excluding hydrogens is 222 g/mol. The lowest BCUT2D eigenvalue weighted by Gasteiger charge is -2.09. The number of aromatic nitrogens is 3. The molecule has 88 valence electrons. The molecule has 1 atom stereocenters. The van der Waals surface area contributed by atoms with Gasteiger partial charge in [-0.2, -0.15) is 0 Å². The Morgan fingerprint density at radius 3 is 2.06 bits per heavy atom. The van der Waals surface area contributed by atoms with Crippen molar-refractivity contribution >= 4 is 11.9 Å². The van der Waals surface area contributed by atoms with Crippen LogP contribution in [0.5, 0.6) is 0 Å². The van der Waals surface area contributed by atoms with Gasteiger partial charge in [0.25, 0.3) is 0 Å². The van der Waals surface area contributed by atoms with E-state index in [1.165, 1.54) is 0 Å². The first-order valence-electron chi connectivity index (χ1n) is 4.27. The van der Waals surface area contributed by atoms with Crippen molar-refractivity contribution in [3.8, 4) is 0 Å². The minimum Gasteiger partial charge on any atom is -0.481 e. The van der Waals surface area contributed by atoms with Crippen LogP contribution in [-0.2, 0) is 9.59 Å². The van der Waals surface area contributed by atoms with Gasteiger partial charge in [-0.05, 0) is 6.42 Å². The van der Waals surface area contributed by atoms with E-state index in [2.05, 4.69) is 0 Å². The van der Waals surface area contributed by atoms with Crippen molar-refractivity contribution in [2.24, 2.45) is 0 Å². The third kappa shape index (κ3) is 2.38. The molecule has 0 saturated heterocycles. The fraction of sp³-hybridized carbons (Fsp3) is 0.429. The number of H-pyrrole nitrogens is 2. The average Bonchev–Trinajstić information content (AvgIpc) is 2.48. The molecule has 0 saturated carbocycles. The van der Waals surface area contributed by atoms with E-state index in [0.29, 0.717) is 4.57 Å². The van der Waals surface area contributed by atoms with E-state index < -0.39 is 35.8 Å². The molecule has 1 heterocycles. The van der Waals surface area contributed by atoms with Gasteiger partial charge in [0.2, 0.25) is 0 Å². The molecule has 1 aromatic rings. The molecule has 0 spiro atoms. The van der Waals surface area contributed by atoms with Gasteiger partial charge < -0.3 is 10.2 Å². The maximum absolute atomic E-state index is 11.1. The average molecular weight is 231 g/mol. The molecule has 1 unspecified atom stereocenters. The number of aromatic amines is 2. The van der Waals surface area contributed by atoms with Crippen LogP contribution in [0.2, 0.25) is 0 Å². The number of nitrogens with zero attached hydrogens (tertiary/aromatic N) is 1. The number of hydrogen-bond acceptors (Lipinski definition) is 4. The van der Waals surface area contributed by atoms with Crippen molar-refractivity contribution in [3.05, 3.63) is 21.0 Å². The summed E-state index contributed by atoms with van der Waals surface area (Å²) in [6.45, 7) is 0. The highest BCUT2D eigenvalue weighted by Gasteiger charge is 2.24. The summed E-state index contributed by atoms with van der Waals surface area (Å²) in [5, 5.41) is 21.0. The Morgan fingerprint density at radius 1 is 1.19 bits per heavy atom. The lowest BCUT2D eigenvalue weighted by Crippen LogP contribution is -2.35. The second-order valence-electron chi connectivity index (χ2n) is 3.02. The topological polar surface area (TPSA) is 145 Å². The molecule has 1 rings (SSSR count). The highest BCUT2D eigenvalue weighted by Crippen LogP contribution is 2.09. The van der Waals surface area contributed by atoms with Crippen LogP contribution in [0.1, 0.15) is 18.9 Å². The second-order valence-corrected chi connectivity index (χ2v) is 3.02. The predicted octanol–water partition coefficient (Wildman–Crippen LogP) is -1.64. The summed E-state index contributed by atoms with van der Waals surface area (Å²) < 4.78 is 0.436. The summed E-state index contributed by atoms with van der Waals surface area (Å²) >= 11 is 0. The maximum Gasteiger partial charge on any atom is 0.345 e. The van der Waals surface area contributed by atoms with Crippen LogP contribution in [0.25, 0.3) is 0 Å². The largest absolute Gasteiger partial charge is 0.481 e. The van der Waals surface area contributed by atoms with Crippen LogP contribution < -0.4 is 11.4 Å². The van der Waals surface area contributed by atoms with Crippen LogP contribution >= 0.6 is 0 Å². The van der Waals surface area contributed by atoms with Crippen LogP contribution in [0.3, 0.4) is 0 Å². The summed E-state index contributed by atoms with van der Waals surface area (Å²) in [4.78, 5) is 43.3. The number of hydrogen-bond donors (Lipinski definition) is 4. The maximum atomic E-state index is 11.1. The third-order valence-electron chi connectivity index (χ3n) is 1.94. The first-order chi connectivity index (χ1) is 7.43. The Hall–Kier alpha value is -2.32. The standard InChI is InChI=1S/C7H9N3O6/c11-4(12)2-1-3(5(13)14)10-6(15)8-9-7(10)16/h3H,1-2H2,(H,8,15)(H,9,16)(H,11,12)(H,13,14).